The summed E-state index contributed by atoms with van der Waals surface area (Å²) in [7, 11) is 0. The number of allylic oxidation sites excluding steroid dienone is 1. The van der Waals surface area contributed by atoms with Crippen LogP contribution < -0.4 is 4.90 Å². The van der Waals surface area contributed by atoms with E-state index in [4.69, 9.17) is 0 Å². The first-order chi connectivity index (χ1) is 9.92. The Bertz CT molecular complexity index is 450. The minimum Gasteiger partial charge on any atom is -0.341 e. The van der Waals surface area contributed by atoms with Crippen molar-refractivity contribution in [3.05, 3.63) is 73.3 Å². The monoisotopic (exact) mass is 265 g/mol. The summed E-state index contributed by atoms with van der Waals surface area (Å²) in [5, 5.41) is 0. The highest BCUT2D eigenvalue weighted by atomic mass is 15.1. The van der Waals surface area contributed by atoms with E-state index in [1.54, 1.807) is 0 Å². The fourth-order valence-corrected chi connectivity index (χ4v) is 2.36. The van der Waals surface area contributed by atoms with Gasteiger partial charge in [0.2, 0.25) is 0 Å². The third-order valence-electron chi connectivity index (χ3n) is 3.43. The minimum absolute atomic E-state index is 1.06. The van der Waals surface area contributed by atoms with E-state index in [2.05, 4.69) is 72.1 Å². The fraction of sp³-hybridized carbons (Fsp3) is 0.263. The number of anilines is 2. The fourth-order valence-electron chi connectivity index (χ4n) is 2.36. The molecule has 0 bridgehead atoms. The van der Waals surface area contributed by atoms with Crippen molar-refractivity contribution in [2.75, 3.05) is 11.4 Å². The molecule has 2 rings (SSSR count). The number of rotatable bonds is 8. The molecular weight excluding hydrogens is 242 g/mol. The van der Waals surface area contributed by atoms with Crippen molar-refractivity contribution in [1.29, 1.82) is 0 Å². The van der Waals surface area contributed by atoms with E-state index in [1.807, 2.05) is 6.08 Å². The maximum Gasteiger partial charge on any atom is 0.0410 e. The summed E-state index contributed by atoms with van der Waals surface area (Å²) in [4.78, 5) is 2.40. The lowest BCUT2D eigenvalue weighted by Crippen LogP contribution is -2.18. The predicted molar refractivity (Wildman–Crippen MR) is 88.6 cm³/mol. The van der Waals surface area contributed by atoms with Gasteiger partial charge < -0.3 is 4.90 Å². The minimum atomic E-state index is 1.06. The van der Waals surface area contributed by atoms with E-state index in [0.717, 1.165) is 13.0 Å². The summed E-state index contributed by atoms with van der Waals surface area (Å²) in [5.41, 5.74) is 2.53. The molecule has 0 aliphatic rings. The zero-order chi connectivity index (χ0) is 14.0. The van der Waals surface area contributed by atoms with Crippen molar-refractivity contribution in [3.8, 4) is 0 Å². The third kappa shape index (κ3) is 4.27. The van der Waals surface area contributed by atoms with Crippen LogP contribution in [0.25, 0.3) is 0 Å². The third-order valence-corrected chi connectivity index (χ3v) is 3.43. The molecule has 1 nitrogen and oxygen atoms in total. The van der Waals surface area contributed by atoms with Crippen molar-refractivity contribution in [2.45, 2.75) is 25.7 Å². The Morgan fingerprint density at radius 3 is 1.80 bits per heavy atom. The number of hydrogen-bond donors (Lipinski definition) is 0. The van der Waals surface area contributed by atoms with Gasteiger partial charge in [0.25, 0.3) is 0 Å². The maximum atomic E-state index is 3.78. The first-order valence-corrected chi connectivity index (χ1v) is 7.40. The van der Waals surface area contributed by atoms with E-state index in [1.165, 1.54) is 30.6 Å². The number of unbranched alkanes of at least 4 members (excludes halogenated alkanes) is 3. The van der Waals surface area contributed by atoms with Gasteiger partial charge >= 0.3 is 0 Å². The molecule has 20 heavy (non-hydrogen) atoms. The SMILES string of the molecule is C=CCCCCCN(c1ccccc1)c1ccccc1. The average molecular weight is 265 g/mol. The van der Waals surface area contributed by atoms with Gasteiger partial charge in [-0.3, -0.25) is 0 Å². The Hall–Kier alpha value is -2.02. The molecule has 2 aromatic rings. The van der Waals surface area contributed by atoms with Gasteiger partial charge in [-0.15, -0.1) is 6.58 Å². The summed E-state index contributed by atoms with van der Waals surface area (Å²) in [5.74, 6) is 0. The van der Waals surface area contributed by atoms with Crippen LogP contribution in [-0.4, -0.2) is 6.54 Å². The topological polar surface area (TPSA) is 3.24 Å². The zero-order valence-electron chi connectivity index (χ0n) is 12.0. The molecule has 0 spiro atoms. The second kappa shape index (κ2) is 8.21. The molecule has 104 valence electrons. The van der Waals surface area contributed by atoms with Crippen LogP contribution in [0.15, 0.2) is 73.3 Å². The highest BCUT2D eigenvalue weighted by Gasteiger charge is 2.07. The van der Waals surface area contributed by atoms with Crippen molar-refractivity contribution in [2.24, 2.45) is 0 Å². The summed E-state index contributed by atoms with van der Waals surface area (Å²) < 4.78 is 0. The maximum absolute atomic E-state index is 3.78. The van der Waals surface area contributed by atoms with Gasteiger partial charge in [0.05, 0.1) is 0 Å². The number of benzene rings is 2. The van der Waals surface area contributed by atoms with Crippen LogP contribution >= 0.6 is 0 Å². The molecule has 0 aromatic heterocycles. The molecule has 0 aliphatic heterocycles. The predicted octanol–water partition coefficient (Wildman–Crippen LogP) is 5.57. The van der Waals surface area contributed by atoms with Crippen LogP contribution in [-0.2, 0) is 0 Å². The molecule has 1 heteroatoms. The lowest BCUT2D eigenvalue weighted by molar-refractivity contribution is 0.688. The Balaban J connectivity index is 2.03. The van der Waals surface area contributed by atoms with Crippen molar-refractivity contribution >= 4 is 11.4 Å². The molecule has 0 aliphatic carbocycles. The van der Waals surface area contributed by atoms with Crippen LogP contribution in [0.5, 0.6) is 0 Å². The molecule has 0 fully saturated rings. The summed E-state index contributed by atoms with van der Waals surface area (Å²) in [6.07, 6.45) is 6.82. The van der Waals surface area contributed by atoms with E-state index < -0.39 is 0 Å². The van der Waals surface area contributed by atoms with Gasteiger partial charge in [-0.2, -0.15) is 0 Å². The molecule has 0 N–H and O–H groups in total. The molecule has 2 aromatic carbocycles. The van der Waals surface area contributed by atoms with Crippen LogP contribution in [0.3, 0.4) is 0 Å². The first-order valence-electron chi connectivity index (χ1n) is 7.40. The van der Waals surface area contributed by atoms with Crippen molar-refractivity contribution in [1.82, 2.24) is 0 Å². The van der Waals surface area contributed by atoms with E-state index >= 15 is 0 Å². The number of para-hydroxylation sites is 2. The number of nitrogens with zero attached hydrogens (tertiary/aromatic N) is 1. The molecule has 0 heterocycles. The van der Waals surface area contributed by atoms with Crippen LogP contribution in [0.2, 0.25) is 0 Å². The second-order valence-electron chi connectivity index (χ2n) is 4.96. The molecular formula is C19H23N. The first kappa shape index (κ1) is 14.4. The van der Waals surface area contributed by atoms with Gasteiger partial charge in [0.15, 0.2) is 0 Å². The van der Waals surface area contributed by atoms with Crippen molar-refractivity contribution < 1.29 is 0 Å². The lowest BCUT2D eigenvalue weighted by Gasteiger charge is -2.25. The Morgan fingerprint density at radius 2 is 1.30 bits per heavy atom. The normalized spacial score (nSPS) is 10.2. The van der Waals surface area contributed by atoms with Gasteiger partial charge in [-0.25, -0.2) is 0 Å². The Kier molecular flexibility index (Phi) is 5.91. The smallest absolute Gasteiger partial charge is 0.0410 e. The van der Waals surface area contributed by atoms with Gasteiger partial charge in [-0.05, 0) is 43.5 Å². The van der Waals surface area contributed by atoms with Gasteiger partial charge in [0, 0.05) is 17.9 Å². The summed E-state index contributed by atoms with van der Waals surface area (Å²) in [6, 6.07) is 21.2. The van der Waals surface area contributed by atoms with Crippen LogP contribution in [0.1, 0.15) is 25.7 Å². The van der Waals surface area contributed by atoms with Crippen LogP contribution in [0.4, 0.5) is 11.4 Å². The molecule has 0 saturated carbocycles. The van der Waals surface area contributed by atoms with E-state index in [0.29, 0.717) is 0 Å². The summed E-state index contributed by atoms with van der Waals surface area (Å²) >= 11 is 0. The molecule has 0 unspecified atom stereocenters. The highest BCUT2D eigenvalue weighted by molar-refractivity contribution is 5.62. The molecule has 0 amide bonds. The average Bonchev–Trinajstić information content (AvgIpc) is 2.53. The van der Waals surface area contributed by atoms with E-state index in [9.17, 15) is 0 Å². The Labute approximate surface area is 122 Å². The van der Waals surface area contributed by atoms with Crippen LogP contribution in [0, 0.1) is 0 Å². The standard InChI is InChI=1S/C19H23N/c1-2-3-4-5-12-17-20(18-13-8-6-9-14-18)19-15-10-7-11-16-19/h2,6-11,13-16H,1,3-5,12,17H2. The Morgan fingerprint density at radius 1 is 0.750 bits per heavy atom. The van der Waals surface area contributed by atoms with Gasteiger partial charge in [0.1, 0.15) is 0 Å². The molecule has 0 radical (unpaired) electrons. The lowest BCUT2D eigenvalue weighted by atomic mass is 10.1. The van der Waals surface area contributed by atoms with Crippen molar-refractivity contribution in [3.63, 3.8) is 0 Å². The highest BCUT2D eigenvalue weighted by Crippen LogP contribution is 2.25. The largest absolute Gasteiger partial charge is 0.341 e. The molecule has 0 saturated heterocycles. The number of hydrogen-bond acceptors (Lipinski definition) is 1. The quantitative estimate of drug-likeness (QED) is 0.445. The van der Waals surface area contributed by atoms with E-state index in [-0.39, 0.29) is 0 Å². The summed E-state index contributed by atoms with van der Waals surface area (Å²) in [6.45, 7) is 4.84. The van der Waals surface area contributed by atoms with Gasteiger partial charge in [-0.1, -0.05) is 48.9 Å². The zero-order valence-corrected chi connectivity index (χ0v) is 12.0. The molecule has 0 atom stereocenters. The second-order valence-corrected chi connectivity index (χ2v) is 4.96.